The molecule has 0 spiro atoms. The van der Waals surface area contributed by atoms with Crippen molar-refractivity contribution in [1.29, 1.82) is 0 Å². The third-order valence-corrected chi connectivity index (χ3v) is 10.3. The predicted molar refractivity (Wildman–Crippen MR) is 151 cm³/mol. The fraction of sp³-hybridized carbons (Fsp3) is 0.500. The lowest BCUT2D eigenvalue weighted by atomic mass is 9.94. The highest BCUT2D eigenvalue weighted by Crippen LogP contribution is 2.36. The summed E-state index contributed by atoms with van der Waals surface area (Å²) in [5, 5.41) is 0.690. The van der Waals surface area contributed by atoms with Crippen LogP contribution in [-0.4, -0.2) is 38.0 Å². The number of likely N-dealkylation sites (tertiary alicyclic amines) is 1. The normalized spacial score (nSPS) is 22.0. The molecule has 1 saturated heterocycles. The lowest BCUT2D eigenvalue weighted by molar-refractivity contribution is 0.189. The number of aromatic nitrogens is 3. The number of nitrogens with zero attached hydrogens (tertiary/aromatic N) is 3. The molecule has 0 amide bonds. The van der Waals surface area contributed by atoms with Crippen LogP contribution in [0.1, 0.15) is 81.7 Å². The van der Waals surface area contributed by atoms with Crippen LogP contribution in [0.4, 0.5) is 0 Å². The van der Waals surface area contributed by atoms with Crippen molar-refractivity contribution in [2.75, 3.05) is 13.1 Å². The molecule has 2 aromatic heterocycles. The number of benzene rings is 2. The van der Waals surface area contributed by atoms with Crippen LogP contribution in [0.2, 0.25) is 0 Å². The van der Waals surface area contributed by atoms with E-state index in [-0.39, 0.29) is 17.2 Å². The average Bonchev–Trinajstić information content (AvgIpc) is 3.69. The average molecular weight is 515 g/mol. The van der Waals surface area contributed by atoms with E-state index in [4.69, 9.17) is 4.98 Å². The summed E-state index contributed by atoms with van der Waals surface area (Å²) >= 11 is 1.49. The molecule has 3 aliphatic rings. The highest BCUT2D eigenvalue weighted by atomic mass is 32.1. The Hall–Kier alpha value is -2.77. The number of aromatic amines is 1. The van der Waals surface area contributed by atoms with Crippen molar-refractivity contribution in [3.63, 3.8) is 0 Å². The molecule has 4 aromatic rings. The van der Waals surface area contributed by atoms with Crippen molar-refractivity contribution < 1.29 is 0 Å². The summed E-state index contributed by atoms with van der Waals surface area (Å²) in [5.74, 6) is 0.510. The van der Waals surface area contributed by atoms with Gasteiger partial charge in [-0.3, -0.25) is 18.4 Å². The maximum atomic E-state index is 13.3. The van der Waals surface area contributed by atoms with Crippen molar-refractivity contribution in [2.45, 2.75) is 82.2 Å². The van der Waals surface area contributed by atoms with E-state index in [0.717, 1.165) is 46.7 Å². The van der Waals surface area contributed by atoms with Crippen LogP contribution >= 0.6 is 11.5 Å². The van der Waals surface area contributed by atoms with Gasteiger partial charge in [0, 0.05) is 24.2 Å². The summed E-state index contributed by atoms with van der Waals surface area (Å²) in [5.41, 5.74) is 3.91. The van der Waals surface area contributed by atoms with Crippen LogP contribution in [-0.2, 0) is 0 Å². The summed E-state index contributed by atoms with van der Waals surface area (Å²) in [6.45, 7) is 2.29. The van der Waals surface area contributed by atoms with E-state index in [1.807, 2.05) is 22.2 Å². The van der Waals surface area contributed by atoms with Gasteiger partial charge in [-0.2, -0.15) is 0 Å². The van der Waals surface area contributed by atoms with E-state index < -0.39 is 0 Å². The minimum atomic E-state index is -0.194. The minimum absolute atomic E-state index is 0.0643. The molecule has 1 unspecified atom stereocenters. The van der Waals surface area contributed by atoms with Crippen LogP contribution in [0.25, 0.3) is 32.4 Å². The number of H-pyrrole nitrogens is 1. The van der Waals surface area contributed by atoms with Crippen molar-refractivity contribution in [3.05, 3.63) is 62.7 Å². The van der Waals surface area contributed by atoms with Crippen LogP contribution < -0.4 is 11.1 Å². The number of rotatable bonds is 4. The van der Waals surface area contributed by atoms with Crippen LogP contribution in [0, 0.1) is 0 Å². The lowest BCUT2D eigenvalue weighted by Gasteiger charge is -2.31. The van der Waals surface area contributed by atoms with Crippen molar-refractivity contribution in [3.8, 4) is 11.3 Å². The first-order valence-electron chi connectivity index (χ1n) is 14.1. The number of nitrogens with one attached hydrogen (secondary N) is 1. The molecule has 3 heterocycles. The number of hydrogen-bond donors (Lipinski definition) is 1. The molecule has 0 bridgehead atoms. The van der Waals surface area contributed by atoms with Crippen molar-refractivity contribution in [2.24, 2.45) is 0 Å². The second-order valence-corrected chi connectivity index (χ2v) is 12.3. The molecule has 0 radical (unpaired) electrons. The second-order valence-electron chi connectivity index (χ2n) is 11.3. The molecule has 2 aliphatic carbocycles. The molecule has 37 heavy (non-hydrogen) atoms. The van der Waals surface area contributed by atoms with Gasteiger partial charge in [0.1, 0.15) is 5.69 Å². The molecule has 2 saturated carbocycles. The monoisotopic (exact) mass is 514 g/mol. The Morgan fingerprint density at radius 1 is 0.892 bits per heavy atom. The topological polar surface area (TPSA) is 71.0 Å². The van der Waals surface area contributed by atoms with Gasteiger partial charge < -0.3 is 4.98 Å². The zero-order valence-corrected chi connectivity index (χ0v) is 22.1. The van der Waals surface area contributed by atoms with E-state index in [1.54, 1.807) is 0 Å². The van der Waals surface area contributed by atoms with E-state index in [1.165, 1.54) is 75.0 Å². The maximum Gasteiger partial charge on any atom is 0.275 e. The van der Waals surface area contributed by atoms with Gasteiger partial charge in [0.2, 0.25) is 0 Å². The first kappa shape index (κ1) is 23.4. The largest absolute Gasteiger partial charge is 0.319 e. The summed E-state index contributed by atoms with van der Waals surface area (Å²) in [6, 6.07) is 13.1. The molecule has 6 nitrogen and oxygen atoms in total. The molecule has 7 rings (SSSR count). The molecule has 3 fully saturated rings. The molecule has 1 N–H and O–H groups in total. The van der Waals surface area contributed by atoms with Gasteiger partial charge in [0.25, 0.3) is 11.1 Å². The van der Waals surface area contributed by atoms with Gasteiger partial charge in [-0.05, 0) is 68.3 Å². The van der Waals surface area contributed by atoms with E-state index in [2.05, 4.69) is 28.1 Å². The molecule has 1 atom stereocenters. The lowest BCUT2D eigenvalue weighted by Crippen LogP contribution is -2.34. The highest BCUT2D eigenvalue weighted by molar-refractivity contribution is 7.14. The van der Waals surface area contributed by atoms with Crippen molar-refractivity contribution in [1.82, 2.24) is 18.8 Å². The standard InChI is InChI=1S/C30H34N4O2S/c35-29-27(23-11-6-12-24-28(23)37-34(30(24)36)22-9-4-5-10-22)31-25-14-13-19(17-26(25)32-29)20-15-16-33(18-20)21-7-2-1-3-8-21/h6,11-14,17,20-22H,1-5,7-10,15-16,18H2,(H,32,35). The van der Waals surface area contributed by atoms with Gasteiger partial charge >= 0.3 is 0 Å². The Kier molecular flexibility index (Phi) is 6.01. The highest BCUT2D eigenvalue weighted by Gasteiger charge is 2.30. The molecule has 192 valence electrons. The molecular weight excluding hydrogens is 480 g/mol. The van der Waals surface area contributed by atoms with Crippen LogP contribution in [0.5, 0.6) is 0 Å². The minimum Gasteiger partial charge on any atom is -0.319 e. The Morgan fingerprint density at radius 2 is 1.68 bits per heavy atom. The molecule has 2 aromatic carbocycles. The Labute approximate surface area is 220 Å². The van der Waals surface area contributed by atoms with Gasteiger partial charge in [-0.25, -0.2) is 4.98 Å². The van der Waals surface area contributed by atoms with Gasteiger partial charge in [0.15, 0.2) is 0 Å². The van der Waals surface area contributed by atoms with Gasteiger partial charge in [-0.15, -0.1) is 0 Å². The van der Waals surface area contributed by atoms with Gasteiger partial charge in [-0.1, -0.05) is 61.8 Å². The second kappa shape index (κ2) is 9.52. The predicted octanol–water partition coefficient (Wildman–Crippen LogP) is 6.20. The zero-order valence-electron chi connectivity index (χ0n) is 21.2. The summed E-state index contributed by atoms with van der Waals surface area (Å²) in [4.78, 5) is 37.1. The Balaban J connectivity index is 1.21. The molecule has 7 heteroatoms. The van der Waals surface area contributed by atoms with Crippen LogP contribution in [0.3, 0.4) is 0 Å². The molecule has 1 aliphatic heterocycles. The van der Waals surface area contributed by atoms with E-state index in [0.29, 0.717) is 17.0 Å². The Morgan fingerprint density at radius 3 is 2.51 bits per heavy atom. The first-order valence-corrected chi connectivity index (χ1v) is 14.9. The summed E-state index contributed by atoms with van der Waals surface area (Å²) in [7, 11) is 0. The Bertz CT molecular complexity index is 1570. The smallest absolute Gasteiger partial charge is 0.275 e. The van der Waals surface area contributed by atoms with E-state index in [9.17, 15) is 9.59 Å². The third-order valence-electron chi connectivity index (χ3n) is 9.05. The van der Waals surface area contributed by atoms with Gasteiger partial charge in [0.05, 0.1) is 21.1 Å². The fourth-order valence-electron chi connectivity index (χ4n) is 7.01. The maximum absolute atomic E-state index is 13.3. The zero-order chi connectivity index (χ0) is 24.9. The molecular formula is C30H34N4O2S. The summed E-state index contributed by atoms with van der Waals surface area (Å²) < 4.78 is 2.79. The van der Waals surface area contributed by atoms with Crippen LogP contribution in [0.15, 0.2) is 46.0 Å². The number of hydrogen-bond acceptors (Lipinski definition) is 5. The first-order chi connectivity index (χ1) is 18.2. The summed E-state index contributed by atoms with van der Waals surface area (Å²) in [6.07, 6.45) is 12.4. The SMILES string of the molecule is O=c1[nH]c2cc(C3CCN(C4CCCCC4)C3)ccc2nc1-c1cccc2c(=O)n(C3CCCC3)sc12. The number of fused-ring (bicyclic) bond motifs is 2. The van der Waals surface area contributed by atoms with Crippen molar-refractivity contribution >= 4 is 32.7 Å². The third kappa shape index (κ3) is 4.16. The quantitative estimate of drug-likeness (QED) is 0.352. The fourth-order valence-corrected chi connectivity index (χ4v) is 8.26. The van der Waals surface area contributed by atoms with E-state index >= 15 is 0 Å².